The van der Waals surface area contributed by atoms with E-state index < -0.39 is 0 Å². The summed E-state index contributed by atoms with van der Waals surface area (Å²) in [5.41, 5.74) is 1.40. The van der Waals surface area contributed by atoms with Crippen LogP contribution < -0.4 is 5.32 Å². The second-order valence-corrected chi connectivity index (χ2v) is 7.29. The van der Waals surface area contributed by atoms with Crippen molar-refractivity contribution in [2.24, 2.45) is 5.92 Å². The molecule has 2 heterocycles. The topological polar surface area (TPSA) is 62.3 Å². The van der Waals surface area contributed by atoms with Crippen LogP contribution in [0.2, 0.25) is 5.02 Å². The molecular weight excluding hydrogens is 362 g/mol. The van der Waals surface area contributed by atoms with E-state index in [1.165, 1.54) is 0 Å². The van der Waals surface area contributed by atoms with Crippen LogP contribution in [0.15, 0.2) is 48.7 Å². The number of nitrogens with one attached hydrogen (secondary N) is 1. The molecule has 3 rings (SSSR count). The number of likely N-dealkylation sites (tertiary alicyclic amines) is 1. The van der Waals surface area contributed by atoms with E-state index in [-0.39, 0.29) is 11.8 Å². The summed E-state index contributed by atoms with van der Waals surface area (Å²) in [5.74, 6) is 0.337. The van der Waals surface area contributed by atoms with Crippen molar-refractivity contribution in [3.63, 3.8) is 0 Å². The molecule has 1 atom stereocenters. The molecule has 6 heteroatoms. The van der Waals surface area contributed by atoms with Crippen molar-refractivity contribution in [2.45, 2.75) is 32.2 Å². The van der Waals surface area contributed by atoms with Gasteiger partial charge in [0.15, 0.2) is 0 Å². The van der Waals surface area contributed by atoms with E-state index in [9.17, 15) is 9.59 Å². The zero-order valence-electron chi connectivity index (χ0n) is 15.2. The second-order valence-electron chi connectivity index (χ2n) is 6.88. The van der Waals surface area contributed by atoms with E-state index in [0.717, 1.165) is 31.4 Å². The predicted molar refractivity (Wildman–Crippen MR) is 105 cm³/mol. The summed E-state index contributed by atoms with van der Waals surface area (Å²) in [7, 11) is 0. The number of amides is 2. The number of nitrogens with zero attached hydrogens (tertiary/aromatic N) is 2. The summed E-state index contributed by atoms with van der Waals surface area (Å²) in [4.78, 5) is 30.7. The standard InChI is InChI=1S/C21H24ClN3O2/c22-18-8-2-1-7-17(18)14-24-20(26)11-10-16-6-5-13-25(15-16)21(27)19-9-3-4-12-23-19/h1-4,7-9,12,16H,5-6,10-11,13-15H2,(H,24,26)/t16-/m0/s1. The summed E-state index contributed by atoms with van der Waals surface area (Å²) in [6, 6.07) is 12.9. The van der Waals surface area contributed by atoms with Crippen LogP contribution in [0.5, 0.6) is 0 Å². The van der Waals surface area contributed by atoms with E-state index in [4.69, 9.17) is 11.6 Å². The molecule has 1 aromatic heterocycles. The van der Waals surface area contributed by atoms with Crippen molar-refractivity contribution in [1.29, 1.82) is 0 Å². The van der Waals surface area contributed by atoms with Crippen molar-refractivity contribution in [1.82, 2.24) is 15.2 Å². The highest BCUT2D eigenvalue weighted by molar-refractivity contribution is 6.31. The Balaban J connectivity index is 1.44. The number of hydrogen-bond acceptors (Lipinski definition) is 3. The fraction of sp³-hybridized carbons (Fsp3) is 0.381. The third-order valence-electron chi connectivity index (χ3n) is 4.90. The first-order valence-electron chi connectivity index (χ1n) is 9.34. The summed E-state index contributed by atoms with van der Waals surface area (Å²) >= 11 is 6.11. The smallest absolute Gasteiger partial charge is 0.272 e. The molecule has 1 aliphatic heterocycles. The van der Waals surface area contributed by atoms with Gasteiger partial charge in [-0.15, -0.1) is 0 Å². The summed E-state index contributed by atoms with van der Waals surface area (Å²) in [6.45, 7) is 1.88. The highest BCUT2D eigenvalue weighted by atomic mass is 35.5. The van der Waals surface area contributed by atoms with Gasteiger partial charge in [-0.1, -0.05) is 35.9 Å². The first kappa shape index (κ1) is 19.4. The molecule has 2 aromatic rings. The number of hydrogen-bond donors (Lipinski definition) is 1. The first-order chi connectivity index (χ1) is 13.1. The van der Waals surface area contributed by atoms with Gasteiger partial charge < -0.3 is 10.2 Å². The number of carbonyl (C=O) groups is 2. The lowest BCUT2D eigenvalue weighted by molar-refractivity contribution is -0.121. The van der Waals surface area contributed by atoms with E-state index in [0.29, 0.717) is 36.1 Å². The molecule has 1 saturated heterocycles. The Morgan fingerprint density at radius 3 is 2.78 bits per heavy atom. The van der Waals surface area contributed by atoms with Crippen molar-refractivity contribution in [2.75, 3.05) is 13.1 Å². The van der Waals surface area contributed by atoms with E-state index in [1.54, 1.807) is 18.3 Å². The first-order valence-corrected chi connectivity index (χ1v) is 9.71. The van der Waals surface area contributed by atoms with Gasteiger partial charge in [0.05, 0.1) is 0 Å². The lowest BCUT2D eigenvalue weighted by Crippen LogP contribution is -2.40. The average molecular weight is 386 g/mol. The van der Waals surface area contributed by atoms with Gasteiger partial charge in [-0.3, -0.25) is 14.6 Å². The number of benzene rings is 1. The van der Waals surface area contributed by atoms with E-state index in [1.807, 2.05) is 35.2 Å². The SMILES string of the molecule is O=C(CC[C@@H]1CCCN(C(=O)c2ccccn2)C1)NCc1ccccc1Cl. The minimum absolute atomic E-state index is 0.0168. The molecule has 0 aliphatic carbocycles. The molecule has 0 spiro atoms. The number of halogens is 1. The molecule has 1 N–H and O–H groups in total. The number of piperidine rings is 1. The normalized spacial score (nSPS) is 16.8. The van der Waals surface area contributed by atoms with Gasteiger partial charge in [-0.25, -0.2) is 0 Å². The van der Waals surface area contributed by atoms with Crippen LogP contribution in [-0.2, 0) is 11.3 Å². The Morgan fingerprint density at radius 1 is 1.19 bits per heavy atom. The van der Waals surface area contributed by atoms with Crippen LogP contribution in [0.25, 0.3) is 0 Å². The molecule has 5 nitrogen and oxygen atoms in total. The third kappa shape index (κ3) is 5.54. The third-order valence-corrected chi connectivity index (χ3v) is 5.27. The maximum Gasteiger partial charge on any atom is 0.272 e. The minimum atomic E-state index is -0.0246. The van der Waals surface area contributed by atoms with Crippen molar-refractivity contribution >= 4 is 23.4 Å². The second kappa shape index (κ2) is 9.51. The number of rotatable bonds is 6. The lowest BCUT2D eigenvalue weighted by Gasteiger charge is -2.32. The quantitative estimate of drug-likeness (QED) is 0.824. The minimum Gasteiger partial charge on any atom is -0.352 e. The molecule has 1 fully saturated rings. The summed E-state index contributed by atoms with van der Waals surface area (Å²) in [6.07, 6.45) is 4.88. The maximum atomic E-state index is 12.5. The summed E-state index contributed by atoms with van der Waals surface area (Å²) in [5, 5.41) is 3.59. The highest BCUT2D eigenvalue weighted by Gasteiger charge is 2.25. The molecule has 0 unspecified atom stereocenters. The summed E-state index contributed by atoms with van der Waals surface area (Å²) < 4.78 is 0. The monoisotopic (exact) mass is 385 g/mol. The van der Waals surface area contributed by atoms with Crippen LogP contribution in [0.3, 0.4) is 0 Å². The van der Waals surface area contributed by atoms with Gasteiger partial charge in [-0.2, -0.15) is 0 Å². The number of pyridine rings is 1. The van der Waals surface area contributed by atoms with Crippen molar-refractivity contribution in [3.05, 3.63) is 64.9 Å². The van der Waals surface area contributed by atoms with Gasteiger partial charge in [0.2, 0.25) is 5.91 Å². The van der Waals surface area contributed by atoms with Gasteiger partial charge >= 0.3 is 0 Å². The zero-order valence-corrected chi connectivity index (χ0v) is 16.0. The molecule has 1 aliphatic rings. The van der Waals surface area contributed by atoms with Crippen molar-refractivity contribution in [3.8, 4) is 0 Å². The molecule has 142 valence electrons. The Kier molecular flexibility index (Phi) is 6.82. The van der Waals surface area contributed by atoms with E-state index in [2.05, 4.69) is 10.3 Å². The predicted octanol–water partition coefficient (Wildman–Crippen LogP) is 3.68. The highest BCUT2D eigenvalue weighted by Crippen LogP contribution is 2.22. The van der Waals surface area contributed by atoms with Crippen molar-refractivity contribution < 1.29 is 9.59 Å². The van der Waals surface area contributed by atoms with Gasteiger partial charge in [0.25, 0.3) is 5.91 Å². The molecular formula is C21H24ClN3O2. The van der Waals surface area contributed by atoms with E-state index >= 15 is 0 Å². The molecule has 27 heavy (non-hydrogen) atoms. The van der Waals surface area contributed by atoms with Gasteiger partial charge in [0, 0.05) is 37.3 Å². The number of aromatic nitrogens is 1. The molecule has 1 aromatic carbocycles. The largest absolute Gasteiger partial charge is 0.352 e. The Hall–Kier alpha value is -2.40. The van der Waals surface area contributed by atoms with Crippen LogP contribution >= 0.6 is 11.6 Å². The molecule has 0 radical (unpaired) electrons. The zero-order chi connectivity index (χ0) is 19.1. The maximum absolute atomic E-state index is 12.5. The van der Waals surface area contributed by atoms with Crippen LogP contribution in [0.1, 0.15) is 41.7 Å². The Morgan fingerprint density at radius 2 is 2.00 bits per heavy atom. The lowest BCUT2D eigenvalue weighted by atomic mass is 9.93. The van der Waals surface area contributed by atoms with Crippen LogP contribution in [0.4, 0.5) is 0 Å². The molecule has 0 bridgehead atoms. The van der Waals surface area contributed by atoms with Gasteiger partial charge in [0.1, 0.15) is 5.69 Å². The fourth-order valence-corrected chi connectivity index (χ4v) is 3.60. The molecule has 2 amide bonds. The van der Waals surface area contributed by atoms with Crippen LogP contribution in [0, 0.1) is 5.92 Å². The average Bonchev–Trinajstić information content (AvgIpc) is 2.72. The molecule has 0 saturated carbocycles. The Labute approximate surface area is 164 Å². The van der Waals surface area contributed by atoms with Crippen LogP contribution in [-0.4, -0.2) is 34.8 Å². The fourth-order valence-electron chi connectivity index (χ4n) is 3.40. The number of carbonyl (C=O) groups excluding carboxylic acids is 2. The van der Waals surface area contributed by atoms with Gasteiger partial charge in [-0.05, 0) is 48.9 Å². The Bertz CT molecular complexity index is 782.